The molecule has 0 aliphatic carbocycles. The van der Waals surface area contributed by atoms with E-state index in [1.54, 1.807) is 0 Å². The maximum Gasteiger partial charge on any atom is 0.389 e. The molecule has 7 heteroatoms. The van der Waals surface area contributed by atoms with Crippen LogP contribution in [0.1, 0.15) is 45.2 Å². The van der Waals surface area contributed by atoms with Crippen LogP contribution in [0.2, 0.25) is 0 Å². The third-order valence-corrected chi connectivity index (χ3v) is 2.73. The molecule has 104 valence electrons. The van der Waals surface area contributed by atoms with Crippen LogP contribution in [0.4, 0.5) is 13.2 Å². The maximum absolute atomic E-state index is 12.1. The molecule has 18 heavy (non-hydrogen) atoms. The highest BCUT2D eigenvalue weighted by atomic mass is 19.4. The molecule has 0 spiro atoms. The number of hydrogen-bond acceptors (Lipinski definition) is 3. The second-order valence-electron chi connectivity index (χ2n) is 4.58. The second-order valence-corrected chi connectivity index (χ2v) is 4.58. The molecule has 1 unspecified atom stereocenters. The summed E-state index contributed by atoms with van der Waals surface area (Å²) in [6.45, 7) is 4.03. The number of aryl methyl sites for hydroxylation is 1. The van der Waals surface area contributed by atoms with Gasteiger partial charge in [0, 0.05) is 13.0 Å². The van der Waals surface area contributed by atoms with Crippen LogP contribution < -0.4 is 0 Å². The van der Waals surface area contributed by atoms with Crippen molar-refractivity contribution in [2.45, 2.75) is 57.9 Å². The highest BCUT2D eigenvalue weighted by Gasteiger charge is 2.31. The van der Waals surface area contributed by atoms with Gasteiger partial charge < -0.3 is 5.11 Å². The van der Waals surface area contributed by atoms with Gasteiger partial charge in [0.05, 0.1) is 11.9 Å². The predicted octanol–water partition coefficient (Wildman–Crippen LogP) is 2.63. The summed E-state index contributed by atoms with van der Waals surface area (Å²) in [6.07, 6.45) is -2.94. The van der Waals surface area contributed by atoms with Crippen molar-refractivity contribution in [3.8, 4) is 0 Å². The van der Waals surface area contributed by atoms with E-state index in [0.717, 1.165) is 6.42 Å². The minimum Gasteiger partial charge on any atom is -0.384 e. The molecule has 0 bridgehead atoms. The van der Waals surface area contributed by atoms with E-state index in [1.165, 1.54) is 17.8 Å². The third-order valence-electron chi connectivity index (χ3n) is 2.73. The summed E-state index contributed by atoms with van der Waals surface area (Å²) in [7, 11) is 0. The molecule has 1 aromatic heterocycles. The molecule has 0 saturated carbocycles. The Morgan fingerprint density at radius 1 is 1.33 bits per heavy atom. The van der Waals surface area contributed by atoms with Crippen LogP contribution in [-0.2, 0) is 12.1 Å². The standard InChI is InChI=1S/C11H18F3N3O/c1-3-7-17-9(8-15-16-17)10(2,18)5-4-6-11(12,13)14/h8,18H,3-7H2,1-2H3. The number of nitrogens with zero attached hydrogens (tertiary/aromatic N) is 3. The Balaban J connectivity index is 2.64. The summed E-state index contributed by atoms with van der Waals surface area (Å²) >= 11 is 0. The Bertz CT molecular complexity index is 374. The van der Waals surface area contributed by atoms with E-state index in [0.29, 0.717) is 12.2 Å². The van der Waals surface area contributed by atoms with Crippen molar-refractivity contribution in [2.24, 2.45) is 0 Å². The molecule has 4 nitrogen and oxygen atoms in total. The third kappa shape index (κ3) is 4.29. The number of alkyl halides is 3. The van der Waals surface area contributed by atoms with Crippen molar-refractivity contribution in [2.75, 3.05) is 0 Å². The summed E-state index contributed by atoms with van der Waals surface area (Å²) in [5, 5.41) is 17.7. The van der Waals surface area contributed by atoms with Crippen LogP contribution in [0.15, 0.2) is 6.20 Å². The first-order valence-corrected chi connectivity index (χ1v) is 5.94. The van der Waals surface area contributed by atoms with Crippen molar-refractivity contribution in [3.63, 3.8) is 0 Å². The van der Waals surface area contributed by atoms with Crippen molar-refractivity contribution in [1.29, 1.82) is 0 Å². The minimum atomic E-state index is -4.18. The molecule has 1 aromatic rings. The average Bonchev–Trinajstić information content (AvgIpc) is 2.64. The van der Waals surface area contributed by atoms with Crippen LogP contribution in [0.5, 0.6) is 0 Å². The summed E-state index contributed by atoms with van der Waals surface area (Å²) < 4.78 is 37.7. The van der Waals surface area contributed by atoms with Crippen molar-refractivity contribution < 1.29 is 18.3 Å². The first kappa shape index (κ1) is 14.9. The summed E-state index contributed by atoms with van der Waals surface area (Å²) in [4.78, 5) is 0. The number of rotatable bonds is 6. The normalized spacial score (nSPS) is 15.7. The van der Waals surface area contributed by atoms with E-state index < -0.39 is 18.2 Å². The number of aliphatic hydroxyl groups is 1. The highest BCUT2D eigenvalue weighted by Crippen LogP contribution is 2.29. The van der Waals surface area contributed by atoms with Crippen LogP contribution in [0, 0.1) is 0 Å². The lowest BCUT2D eigenvalue weighted by atomic mass is 9.95. The Morgan fingerprint density at radius 3 is 2.56 bits per heavy atom. The fraction of sp³-hybridized carbons (Fsp3) is 0.818. The molecular formula is C11H18F3N3O. The van der Waals surface area contributed by atoms with Crippen molar-refractivity contribution in [1.82, 2.24) is 15.0 Å². The lowest BCUT2D eigenvalue weighted by Crippen LogP contribution is -2.26. The fourth-order valence-corrected chi connectivity index (χ4v) is 1.81. The van der Waals surface area contributed by atoms with Gasteiger partial charge in [0.15, 0.2) is 0 Å². The van der Waals surface area contributed by atoms with Gasteiger partial charge in [-0.3, -0.25) is 0 Å². The molecule has 0 fully saturated rings. The molecule has 0 saturated heterocycles. The Labute approximate surface area is 104 Å². The lowest BCUT2D eigenvalue weighted by Gasteiger charge is -2.23. The molecule has 0 amide bonds. The molecule has 1 atom stereocenters. The van der Waals surface area contributed by atoms with E-state index in [4.69, 9.17) is 0 Å². The molecule has 0 aliphatic rings. The zero-order valence-corrected chi connectivity index (χ0v) is 10.5. The maximum atomic E-state index is 12.1. The average molecular weight is 265 g/mol. The zero-order chi connectivity index (χ0) is 13.8. The van der Waals surface area contributed by atoms with E-state index in [1.807, 2.05) is 6.92 Å². The molecule has 1 heterocycles. The summed E-state index contributed by atoms with van der Waals surface area (Å²) in [5.41, 5.74) is -0.865. The van der Waals surface area contributed by atoms with Crippen LogP contribution in [-0.4, -0.2) is 26.3 Å². The van der Waals surface area contributed by atoms with Crippen LogP contribution in [0.25, 0.3) is 0 Å². The van der Waals surface area contributed by atoms with Crippen molar-refractivity contribution >= 4 is 0 Å². The predicted molar refractivity (Wildman–Crippen MR) is 59.8 cm³/mol. The van der Waals surface area contributed by atoms with Crippen LogP contribution >= 0.6 is 0 Å². The highest BCUT2D eigenvalue weighted by molar-refractivity contribution is 5.06. The van der Waals surface area contributed by atoms with Crippen LogP contribution in [0.3, 0.4) is 0 Å². The van der Waals surface area contributed by atoms with Gasteiger partial charge in [-0.1, -0.05) is 12.1 Å². The molecule has 0 radical (unpaired) electrons. The first-order chi connectivity index (χ1) is 8.26. The lowest BCUT2D eigenvalue weighted by molar-refractivity contribution is -0.138. The Kier molecular flexibility index (Phi) is 4.72. The second kappa shape index (κ2) is 5.69. The zero-order valence-electron chi connectivity index (χ0n) is 10.5. The van der Waals surface area contributed by atoms with E-state index >= 15 is 0 Å². The first-order valence-electron chi connectivity index (χ1n) is 5.94. The fourth-order valence-electron chi connectivity index (χ4n) is 1.81. The SMILES string of the molecule is CCCn1nncc1C(C)(O)CCCC(F)(F)F. The molecule has 1 N–H and O–H groups in total. The number of halogens is 3. The van der Waals surface area contributed by atoms with Gasteiger partial charge in [-0.2, -0.15) is 13.2 Å². The van der Waals surface area contributed by atoms with E-state index in [9.17, 15) is 18.3 Å². The molecule has 0 aromatic carbocycles. The number of hydrogen-bond donors (Lipinski definition) is 1. The molecular weight excluding hydrogens is 247 g/mol. The van der Waals surface area contributed by atoms with Gasteiger partial charge in [0.2, 0.25) is 0 Å². The number of aromatic nitrogens is 3. The quantitative estimate of drug-likeness (QED) is 0.860. The van der Waals surface area contributed by atoms with E-state index in [-0.39, 0.29) is 12.8 Å². The topological polar surface area (TPSA) is 50.9 Å². The minimum absolute atomic E-state index is 0.0313. The van der Waals surface area contributed by atoms with Gasteiger partial charge >= 0.3 is 6.18 Å². The summed E-state index contributed by atoms with van der Waals surface area (Å²) in [6, 6.07) is 0. The monoisotopic (exact) mass is 265 g/mol. The van der Waals surface area contributed by atoms with Gasteiger partial charge in [-0.05, 0) is 26.2 Å². The van der Waals surface area contributed by atoms with E-state index in [2.05, 4.69) is 10.3 Å². The molecule has 0 aliphatic heterocycles. The van der Waals surface area contributed by atoms with Gasteiger partial charge in [0.1, 0.15) is 5.60 Å². The largest absolute Gasteiger partial charge is 0.389 e. The molecule has 1 rings (SSSR count). The van der Waals surface area contributed by atoms with Gasteiger partial charge in [-0.25, -0.2) is 4.68 Å². The Morgan fingerprint density at radius 2 is 2.00 bits per heavy atom. The van der Waals surface area contributed by atoms with Crippen molar-refractivity contribution in [3.05, 3.63) is 11.9 Å². The Hall–Kier alpha value is -1.11. The summed E-state index contributed by atoms with van der Waals surface area (Å²) in [5.74, 6) is 0. The van der Waals surface area contributed by atoms with Gasteiger partial charge in [-0.15, -0.1) is 5.10 Å². The smallest absolute Gasteiger partial charge is 0.384 e. The van der Waals surface area contributed by atoms with Gasteiger partial charge in [0.25, 0.3) is 0 Å².